The van der Waals surface area contributed by atoms with Crippen LogP contribution < -0.4 is 9.47 Å². The van der Waals surface area contributed by atoms with Gasteiger partial charge in [-0.25, -0.2) is 9.18 Å². The number of alkyl halides is 3. The van der Waals surface area contributed by atoms with Gasteiger partial charge < -0.3 is 14.6 Å². The minimum absolute atomic E-state index is 0.121. The van der Waals surface area contributed by atoms with Crippen LogP contribution in [0.3, 0.4) is 0 Å². The predicted octanol–water partition coefficient (Wildman–Crippen LogP) is 6.56. The highest BCUT2D eigenvalue weighted by atomic mass is 35.5. The standard InChI is InChI=1S/C19H10Cl2F4O4/c20-14-7-13(19(23,24)25)17(22)16(21)18(14)29-12-4-2-9-1-3-11(5-10(9)6-12)28-8-15(26)27/h1-7H,8H2,(H,26,27). The van der Waals surface area contributed by atoms with Gasteiger partial charge in [-0.05, 0) is 41.1 Å². The maximum Gasteiger partial charge on any atom is 0.419 e. The molecule has 29 heavy (non-hydrogen) atoms. The SMILES string of the molecule is O=C(O)COc1ccc2ccc(Oc3c(Cl)cc(C(F)(F)F)c(F)c3Cl)cc2c1. The Morgan fingerprint density at radius 2 is 1.62 bits per heavy atom. The fraction of sp³-hybridized carbons (Fsp3) is 0.105. The van der Waals surface area contributed by atoms with E-state index in [-0.39, 0.29) is 11.5 Å². The van der Waals surface area contributed by atoms with E-state index in [0.29, 0.717) is 11.5 Å². The van der Waals surface area contributed by atoms with Crippen molar-refractivity contribution in [3.8, 4) is 17.2 Å². The Hall–Kier alpha value is -2.71. The van der Waals surface area contributed by atoms with E-state index < -0.39 is 45.9 Å². The number of fused-ring (bicyclic) bond motifs is 1. The summed E-state index contributed by atoms with van der Waals surface area (Å²) >= 11 is 11.5. The number of carboxylic acid groups (broad SMARTS) is 1. The number of rotatable bonds is 5. The van der Waals surface area contributed by atoms with Crippen molar-refractivity contribution in [1.29, 1.82) is 0 Å². The van der Waals surface area contributed by atoms with E-state index in [1.54, 1.807) is 24.3 Å². The fourth-order valence-electron chi connectivity index (χ4n) is 2.50. The van der Waals surface area contributed by atoms with E-state index >= 15 is 0 Å². The van der Waals surface area contributed by atoms with E-state index in [1.165, 1.54) is 12.1 Å². The number of carbonyl (C=O) groups is 1. The number of carboxylic acids is 1. The molecular weight excluding hydrogens is 439 g/mol. The predicted molar refractivity (Wildman–Crippen MR) is 98.6 cm³/mol. The Bertz CT molecular complexity index is 1100. The van der Waals surface area contributed by atoms with Gasteiger partial charge in [0.05, 0.1) is 10.6 Å². The van der Waals surface area contributed by atoms with Gasteiger partial charge in [-0.1, -0.05) is 35.3 Å². The molecule has 152 valence electrons. The lowest BCUT2D eigenvalue weighted by molar-refractivity contribution is -0.140. The number of hydrogen-bond donors (Lipinski definition) is 1. The molecule has 0 fully saturated rings. The van der Waals surface area contributed by atoms with Crippen molar-refractivity contribution in [2.24, 2.45) is 0 Å². The minimum Gasteiger partial charge on any atom is -0.482 e. The molecule has 0 atom stereocenters. The van der Waals surface area contributed by atoms with Gasteiger partial charge in [-0.3, -0.25) is 0 Å². The summed E-state index contributed by atoms with van der Waals surface area (Å²) in [6.45, 7) is -0.530. The summed E-state index contributed by atoms with van der Waals surface area (Å²) in [6, 6.07) is 9.80. The lowest BCUT2D eigenvalue weighted by atomic mass is 10.1. The summed E-state index contributed by atoms with van der Waals surface area (Å²) in [4.78, 5) is 10.6. The molecule has 0 radical (unpaired) electrons. The summed E-state index contributed by atoms with van der Waals surface area (Å²) in [5.41, 5.74) is -1.60. The molecule has 10 heteroatoms. The van der Waals surface area contributed by atoms with Crippen LogP contribution >= 0.6 is 23.2 Å². The third-order valence-corrected chi connectivity index (χ3v) is 4.41. The Morgan fingerprint density at radius 1 is 1.00 bits per heavy atom. The van der Waals surface area contributed by atoms with Gasteiger partial charge >= 0.3 is 12.1 Å². The summed E-state index contributed by atoms with van der Waals surface area (Å²) < 4.78 is 63.1. The van der Waals surface area contributed by atoms with Crippen LogP contribution in [-0.2, 0) is 11.0 Å². The van der Waals surface area contributed by atoms with Gasteiger partial charge in [0, 0.05) is 0 Å². The molecule has 0 amide bonds. The van der Waals surface area contributed by atoms with Gasteiger partial charge in [0.1, 0.15) is 16.5 Å². The van der Waals surface area contributed by atoms with Gasteiger partial charge in [-0.15, -0.1) is 0 Å². The monoisotopic (exact) mass is 448 g/mol. The molecule has 0 aliphatic carbocycles. The Labute approximate surface area is 171 Å². The molecule has 4 nitrogen and oxygen atoms in total. The molecule has 0 saturated carbocycles. The second-order valence-corrected chi connectivity index (χ2v) is 6.60. The van der Waals surface area contributed by atoms with Crippen molar-refractivity contribution in [2.45, 2.75) is 6.18 Å². The summed E-state index contributed by atoms with van der Waals surface area (Å²) in [5, 5.41) is 8.58. The summed E-state index contributed by atoms with van der Waals surface area (Å²) in [6.07, 6.45) is -4.97. The van der Waals surface area contributed by atoms with E-state index in [4.69, 9.17) is 37.8 Å². The molecule has 0 unspecified atom stereocenters. The quantitative estimate of drug-likeness (QED) is 0.354. The molecule has 0 heterocycles. The first-order chi connectivity index (χ1) is 13.6. The molecule has 0 aliphatic rings. The molecule has 3 rings (SSSR count). The van der Waals surface area contributed by atoms with Crippen LogP contribution in [0.5, 0.6) is 17.2 Å². The molecule has 1 N–H and O–H groups in total. The van der Waals surface area contributed by atoms with Crippen molar-refractivity contribution >= 4 is 39.9 Å². The lowest BCUT2D eigenvalue weighted by Gasteiger charge is -2.15. The third kappa shape index (κ3) is 4.65. The number of hydrogen-bond acceptors (Lipinski definition) is 3. The van der Waals surface area contributed by atoms with Gasteiger partial charge in [0.2, 0.25) is 0 Å². The minimum atomic E-state index is -4.97. The van der Waals surface area contributed by atoms with Gasteiger partial charge in [0.25, 0.3) is 0 Å². The largest absolute Gasteiger partial charge is 0.482 e. The van der Waals surface area contributed by atoms with Crippen molar-refractivity contribution < 1.29 is 36.9 Å². The third-order valence-electron chi connectivity index (χ3n) is 3.79. The zero-order chi connectivity index (χ0) is 21.3. The van der Waals surface area contributed by atoms with E-state index in [1.807, 2.05) is 0 Å². The zero-order valence-electron chi connectivity index (χ0n) is 14.2. The molecule has 0 spiro atoms. The Kier molecular flexibility index (Phi) is 5.77. The van der Waals surface area contributed by atoms with Crippen LogP contribution in [0.15, 0.2) is 42.5 Å². The first kappa shape index (κ1) is 21.0. The topological polar surface area (TPSA) is 55.8 Å². The highest BCUT2D eigenvalue weighted by molar-refractivity contribution is 6.37. The van der Waals surface area contributed by atoms with E-state index in [9.17, 15) is 22.4 Å². The number of ether oxygens (including phenoxy) is 2. The van der Waals surface area contributed by atoms with E-state index in [0.717, 1.165) is 5.39 Å². The molecular formula is C19H10Cl2F4O4. The molecule has 0 aromatic heterocycles. The van der Waals surface area contributed by atoms with Crippen LogP contribution in [0, 0.1) is 5.82 Å². The second-order valence-electron chi connectivity index (χ2n) is 5.82. The van der Waals surface area contributed by atoms with Crippen LogP contribution in [-0.4, -0.2) is 17.7 Å². The molecule has 0 bridgehead atoms. The Morgan fingerprint density at radius 3 is 2.24 bits per heavy atom. The first-order valence-electron chi connectivity index (χ1n) is 7.87. The number of halogens is 6. The molecule has 0 aliphatic heterocycles. The summed E-state index contributed by atoms with van der Waals surface area (Å²) in [5.74, 6) is -2.89. The van der Waals surface area contributed by atoms with Gasteiger partial charge in [-0.2, -0.15) is 13.2 Å². The normalized spacial score (nSPS) is 11.5. The molecule has 3 aromatic rings. The number of aliphatic carboxylic acids is 1. The Balaban J connectivity index is 1.95. The number of benzene rings is 3. The van der Waals surface area contributed by atoms with E-state index in [2.05, 4.69) is 0 Å². The maximum absolute atomic E-state index is 14.0. The van der Waals surface area contributed by atoms with Gasteiger partial charge in [0.15, 0.2) is 18.2 Å². The lowest BCUT2D eigenvalue weighted by Crippen LogP contribution is -2.09. The van der Waals surface area contributed by atoms with Crippen molar-refractivity contribution in [2.75, 3.05) is 6.61 Å². The average Bonchev–Trinajstić information content (AvgIpc) is 2.65. The molecule has 3 aromatic carbocycles. The maximum atomic E-state index is 14.0. The summed E-state index contributed by atoms with van der Waals surface area (Å²) in [7, 11) is 0. The van der Waals surface area contributed by atoms with Crippen molar-refractivity contribution in [3.05, 3.63) is 63.9 Å². The van der Waals surface area contributed by atoms with Crippen LogP contribution in [0.4, 0.5) is 17.6 Å². The fourth-order valence-corrected chi connectivity index (χ4v) is 3.03. The first-order valence-corrected chi connectivity index (χ1v) is 8.63. The van der Waals surface area contributed by atoms with Crippen LogP contribution in [0.1, 0.15) is 5.56 Å². The van der Waals surface area contributed by atoms with Crippen LogP contribution in [0.25, 0.3) is 10.8 Å². The second kappa shape index (κ2) is 7.96. The zero-order valence-corrected chi connectivity index (χ0v) is 15.7. The van der Waals surface area contributed by atoms with Crippen molar-refractivity contribution in [3.63, 3.8) is 0 Å². The highest BCUT2D eigenvalue weighted by Crippen LogP contribution is 2.44. The van der Waals surface area contributed by atoms with Crippen molar-refractivity contribution in [1.82, 2.24) is 0 Å². The molecule has 0 saturated heterocycles. The average molecular weight is 449 g/mol. The van der Waals surface area contributed by atoms with Crippen LogP contribution in [0.2, 0.25) is 10.0 Å². The smallest absolute Gasteiger partial charge is 0.419 e. The highest BCUT2D eigenvalue weighted by Gasteiger charge is 2.37.